The smallest absolute Gasteiger partial charge is 0.144 e. The van der Waals surface area contributed by atoms with Gasteiger partial charge in [0.1, 0.15) is 24.9 Å². The van der Waals surface area contributed by atoms with Crippen LogP contribution in [0.5, 0.6) is 5.75 Å². The number of hydrogen-bond donors (Lipinski definition) is 0. The molecule has 1 rings (SSSR count). The van der Waals surface area contributed by atoms with Crippen LogP contribution in [0.4, 0.5) is 0 Å². The predicted molar refractivity (Wildman–Crippen MR) is 94.3 cm³/mol. The van der Waals surface area contributed by atoms with E-state index in [0.29, 0.717) is 0 Å². The van der Waals surface area contributed by atoms with Crippen LogP contribution < -0.4 is 4.74 Å². The Labute approximate surface area is 138 Å². The molecule has 0 atom stereocenters. The van der Waals surface area contributed by atoms with E-state index in [1.54, 1.807) is 0 Å². The van der Waals surface area contributed by atoms with Crippen molar-refractivity contribution in [1.82, 2.24) is 0 Å². The lowest BCUT2D eigenvalue weighted by atomic mass is 9.78. The summed E-state index contributed by atoms with van der Waals surface area (Å²) in [5.74, 6) is 0.743. The van der Waals surface area contributed by atoms with Gasteiger partial charge in [-0.2, -0.15) is 9.81 Å². The highest BCUT2D eigenvalue weighted by Gasteiger charge is 2.29. The van der Waals surface area contributed by atoms with Gasteiger partial charge in [0, 0.05) is 11.1 Å². The Morgan fingerprint density at radius 2 is 1.30 bits per heavy atom. The average molecular weight is 320 g/mol. The highest BCUT2D eigenvalue weighted by Crippen LogP contribution is 2.41. The molecule has 0 aliphatic rings. The summed E-state index contributed by atoms with van der Waals surface area (Å²) in [4.78, 5) is 21.2. The van der Waals surface area contributed by atoms with E-state index >= 15 is 0 Å². The molecule has 0 saturated carbocycles. The van der Waals surface area contributed by atoms with Crippen LogP contribution in [-0.2, 0) is 10.8 Å². The summed E-state index contributed by atoms with van der Waals surface area (Å²) in [6.07, 6.45) is -0.630. The monoisotopic (exact) mass is 320 g/mol. The molecule has 5 heteroatoms. The van der Waals surface area contributed by atoms with E-state index < -0.39 is 6.10 Å². The Morgan fingerprint density at radius 1 is 0.913 bits per heavy atom. The number of nitrogens with zero attached hydrogens (tertiary/aromatic N) is 2. The highest BCUT2D eigenvalue weighted by molar-refractivity contribution is 5.50. The Kier molecular flexibility index (Phi) is 6.03. The maximum absolute atomic E-state index is 10.6. The molecule has 0 fully saturated rings. The van der Waals surface area contributed by atoms with E-state index in [4.69, 9.17) is 4.74 Å². The van der Waals surface area contributed by atoms with Gasteiger partial charge in [-0.25, -0.2) is 0 Å². The van der Waals surface area contributed by atoms with Crippen LogP contribution in [0.2, 0.25) is 0 Å². The molecular weight excluding hydrogens is 292 g/mol. The molecular formula is C18H28N2O3. The fourth-order valence-electron chi connectivity index (χ4n) is 2.48. The minimum absolute atomic E-state index is 0.0905. The molecule has 1 aromatic carbocycles. The van der Waals surface area contributed by atoms with E-state index in [1.165, 1.54) is 0 Å². The van der Waals surface area contributed by atoms with E-state index in [-0.39, 0.29) is 23.9 Å². The first kappa shape index (κ1) is 19.3. The molecule has 0 aliphatic heterocycles. The molecule has 1 aromatic rings. The van der Waals surface area contributed by atoms with Crippen LogP contribution in [0.25, 0.3) is 0 Å². The molecule has 0 saturated heterocycles. The van der Waals surface area contributed by atoms with Gasteiger partial charge in [0.25, 0.3) is 0 Å². The van der Waals surface area contributed by atoms with Crippen LogP contribution in [-0.4, -0.2) is 19.2 Å². The molecule has 23 heavy (non-hydrogen) atoms. The Bertz CT molecular complexity index is 524. The van der Waals surface area contributed by atoms with Crippen molar-refractivity contribution in [1.29, 1.82) is 0 Å². The summed E-state index contributed by atoms with van der Waals surface area (Å²) < 4.78 is 6.08. The lowest BCUT2D eigenvalue weighted by molar-refractivity contribution is 0.208. The zero-order valence-electron chi connectivity index (χ0n) is 15.3. The lowest BCUT2D eigenvalue weighted by Gasteiger charge is -2.31. The summed E-state index contributed by atoms with van der Waals surface area (Å²) in [5.41, 5.74) is 3.02. The molecule has 0 radical (unpaired) electrons. The van der Waals surface area contributed by atoms with Crippen molar-refractivity contribution in [2.75, 3.05) is 13.1 Å². The van der Waals surface area contributed by atoms with Crippen molar-refractivity contribution in [3.63, 3.8) is 0 Å². The number of aryl methyl sites for hydroxylation is 1. The third kappa shape index (κ3) is 5.12. The summed E-state index contributed by atoms with van der Waals surface area (Å²) in [6.45, 7) is 14.6. The first-order chi connectivity index (χ1) is 10.5. The maximum atomic E-state index is 10.6. The summed E-state index contributed by atoms with van der Waals surface area (Å²) in [6, 6.07) is 4.20. The molecule has 0 aliphatic carbocycles. The van der Waals surface area contributed by atoms with Crippen molar-refractivity contribution in [2.24, 2.45) is 10.4 Å². The van der Waals surface area contributed by atoms with E-state index in [1.807, 2.05) is 0 Å². The van der Waals surface area contributed by atoms with Crippen LogP contribution >= 0.6 is 0 Å². The van der Waals surface area contributed by atoms with Crippen molar-refractivity contribution in [2.45, 2.75) is 65.4 Å². The minimum atomic E-state index is -0.630. The Balaban J connectivity index is 3.51. The largest absolute Gasteiger partial charge is 0.486 e. The molecule has 0 bridgehead atoms. The number of hydrogen-bond acceptors (Lipinski definition) is 5. The van der Waals surface area contributed by atoms with Crippen molar-refractivity contribution >= 4 is 0 Å². The second-order valence-corrected chi connectivity index (χ2v) is 8.05. The van der Waals surface area contributed by atoms with Crippen molar-refractivity contribution in [3.05, 3.63) is 38.6 Å². The number of ether oxygens (including phenoxy) is 1. The molecule has 0 amide bonds. The second-order valence-electron chi connectivity index (χ2n) is 8.05. The summed E-state index contributed by atoms with van der Waals surface area (Å²) in [5, 5.41) is 5.76. The zero-order valence-corrected chi connectivity index (χ0v) is 15.3. The first-order valence-corrected chi connectivity index (χ1v) is 7.91. The number of rotatable bonds is 6. The van der Waals surface area contributed by atoms with Crippen LogP contribution in [0.1, 0.15) is 58.2 Å². The number of benzene rings is 1. The summed E-state index contributed by atoms with van der Waals surface area (Å²) in [7, 11) is 0. The van der Waals surface area contributed by atoms with E-state index in [2.05, 4.69) is 71.0 Å². The van der Waals surface area contributed by atoms with Gasteiger partial charge in [0.15, 0.2) is 0 Å². The van der Waals surface area contributed by atoms with Crippen LogP contribution in [0.15, 0.2) is 22.5 Å². The van der Waals surface area contributed by atoms with Gasteiger partial charge < -0.3 is 4.74 Å². The Hall–Kier alpha value is -1.78. The molecule has 0 aromatic heterocycles. The first-order valence-electron chi connectivity index (χ1n) is 7.91. The Morgan fingerprint density at radius 3 is 1.61 bits per heavy atom. The van der Waals surface area contributed by atoms with Crippen LogP contribution in [0.3, 0.4) is 0 Å². The van der Waals surface area contributed by atoms with Crippen LogP contribution in [0, 0.1) is 16.7 Å². The molecule has 0 heterocycles. The third-order valence-corrected chi connectivity index (χ3v) is 3.69. The fraction of sp³-hybridized carbons (Fsp3) is 0.667. The molecule has 0 unspecified atom stereocenters. The standard InChI is InChI=1S/C18H28N2O3/c1-12-8-14(17(2,3)4)16(15(9-12)18(5,6)7)23-13(10-19-21)11-20-22/h8-9,13H,10-11H2,1-7H3. The van der Waals surface area contributed by atoms with Gasteiger partial charge in [-0.3, -0.25) is 0 Å². The highest BCUT2D eigenvalue weighted by atomic mass is 16.5. The minimum Gasteiger partial charge on any atom is -0.486 e. The van der Waals surface area contributed by atoms with Gasteiger partial charge in [-0.1, -0.05) is 69.6 Å². The van der Waals surface area contributed by atoms with Gasteiger partial charge >= 0.3 is 0 Å². The topological polar surface area (TPSA) is 68.1 Å². The molecule has 0 spiro atoms. The molecule has 128 valence electrons. The van der Waals surface area contributed by atoms with Gasteiger partial charge in [0.2, 0.25) is 0 Å². The van der Waals surface area contributed by atoms with Gasteiger partial charge in [0.05, 0.1) is 0 Å². The van der Waals surface area contributed by atoms with Gasteiger partial charge in [-0.15, -0.1) is 0 Å². The summed E-state index contributed by atoms with van der Waals surface area (Å²) >= 11 is 0. The zero-order chi connectivity index (χ0) is 17.8. The lowest BCUT2D eigenvalue weighted by Crippen LogP contribution is -2.28. The van der Waals surface area contributed by atoms with Crippen molar-refractivity contribution < 1.29 is 4.74 Å². The fourth-order valence-corrected chi connectivity index (χ4v) is 2.48. The number of nitroso groups, excluding NO2 is 2. The van der Waals surface area contributed by atoms with Crippen molar-refractivity contribution in [3.8, 4) is 5.75 Å². The predicted octanol–water partition coefficient (Wildman–Crippen LogP) is 4.87. The normalized spacial score (nSPS) is 12.3. The molecule has 0 N–H and O–H groups in total. The quantitative estimate of drug-likeness (QED) is 0.702. The molecule has 5 nitrogen and oxygen atoms in total. The van der Waals surface area contributed by atoms with E-state index in [0.717, 1.165) is 22.4 Å². The third-order valence-electron chi connectivity index (χ3n) is 3.69. The second kappa shape index (κ2) is 7.20. The average Bonchev–Trinajstić information content (AvgIpc) is 2.38. The van der Waals surface area contributed by atoms with E-state index in [9.17, 15) is 9.81 Å². The van der Waals surface area contributed by atoms with Gasteiger partial charge in [-0.05, 0) is 17.8 Å². The maximum Gasteiger partial charge on any atom is 0.144 e. The SMILES string of the molecule is Cc1cc(C(C)(C)C)c(OC(CN=O)CN=O)c(C(C)(C)C)c1.